The quantitative estimate of drug-likeness (QED) is 0.628. The van der Waals surface area contributed by atoms with Crippen LogP contribution in [0.1, 0.15) is 26.2 Å². The normalized spacial score (nSPS) is 22.1. The Balaban J connectivity index is 1.44. The smallest absolute Gasteiger partial charge is 0.229 e. The van der Waals surface area contributed by atoms with Crippen molar-refractivity contribution in [3.05, 3.63) is 29.7 Å². The molecule has 0 aromatic carbocycles. The molecule has 3 N–H and O–H groups in total. The third-order valence-corrected chi connectivity index (χ3v) is 6.17. The highest BCUT2D eigenvalue weighted by atomic mass is 35.5. The lowest BCUT2D eigenvalue weighted by molar-refractivity contribution is -0.120. The third-order valence-electron chi connectivity index (χ3n) is 5.87. The topological polar surface area (TPSA) is 101 Å². The summed E-state index contributed by atoms with van der Waals surface area (Å²) in [7, 11) is 0. The summed E-state index contributed by atoms with van der Waals surface area (Å²) in [5.74, 6) is 2.11. The van der Waals surface area contributed by atoms with Crippen molar-refractivity contribution in [3.8, 4) is 11.3 Å². The van der Waals surface area contributed by atoms with Crippen LogP contribution in [0.15, 0.2) is 24.7 Å². The molecule has 4 heterocycles. The van der Waals surface area contributed by atoms with E-state index in [0.29, 0.717) is 46.3 Å². The van der Waals surface area contributed by atoms with Crippen molar-refractivity contribution in [1.82, 2.24) is 20.3 Å². The van der Waals surface area contributed by atoms with Gasteiger partial charge < -0.3 is 20.7 Å². The first-order valence-corrected chi connectivity index (χ1v) is 11.3. The highest BCUT2D eigenvalue weighted by Gasteiger charge is 2.25. The largest absolute Gasteiger partial charge is 0.381 e. The van der Waals surface area contributed by atoms with Gasteiger partial charge in [-0.25, -0.2) is 9.97 Å². The van der Waals surface area contributed by atoms with Gasteiger partial charge in [0.05, 0.1) is 29.0 Å². The van der Waals surface area contributed by atoms with Crippen LogP contribution in [0.5, 0.6) is 0 Å². The molecule has 2 aromatic rings. The van der Waals surface area contributed by atoms with E-state index in [1.54, 1.807) is 18.5 Å². The van der Waals surface area contributed by atoms with E-state index in [1.807, 2.05) is 0 Å². The molecule has 9 heteroatoms. The maximum absolute atomic E-state index is 12.7. The van der Waals surface area contributed by atoms with Gasteiger partial charge in [-0.15, -0.1) is 0 Å². The van der Waals surface area contributed by atoms with E-state index in [4.69, 9.17) is 16.3 Å². The van der Waals surface area contributed by atoms with Gasteiger partial charge in [0, 0.05) is 38.1 Å². The maximum atomic E-state index is 12.7. The van der Waals surface area contributed by atoms with E-state index in [0.717, 1.165) is 45.6 Å². The number of nitrogens with zero attached hydrogens (tertiary/aromatic N) is 3. The Morgan fingerprint density at radius 2 is 2.06 bits per heavy atom. The summed E-state index contributed by atoms with van der Waals surface area (Å²) < 4.78 is 5.41. The first-order chi connectivity index (χ1) is 15.1. The van der Waals surface area contributed by atoms with Crippen molar-refractivity contribution in [2.75, 3.05) is 43.5 Å². The number of pyridine rings is 1. The predicted octanol–water partition coefficient (Wildman–Crippen LogP) is 3.21. The van der Waals surface area contributed by atoms with E-state index in [1.165, 1.54) is 6.20 Å². The molecule has 8 nitrogen and oxygen atoms in total. The number of piperidine rings is 1. The van der Waals surface area contributed by atoms with E-state index < -0.39 is 0 Å². The van der Waals surface area contributed by atoms with Crippen LogP contribution in [0.4, 0.5) is 11.6 Å². The number of rotatable bonds is 6. The first kappa shape index (κ1) is 21.9. The van der Waals surface area contributed by atoms with Gasteiger partial charge in [-0.3, -0.25) is 9.78 Å². The second-order valence-electron chi connectivity index (χ2n) is 8.46. The molecule has 31 heavy (non-hydrogen) atoms. The average Bonchev–Trinajstić information content (AvgIpc) is 2.80. The lowest BCUT2D eigenvalue weighted by Crippen LogP contribution is -2.41. The molecule has 1 amide bonds. The van der Waals surface area contributed by atoms with Crippen LogP contribution in [0, 0.1) is 17.8 Å². The molecular formula is C22H29ClN6O2. The van der Waals surface area contributed by atoms with Crippen molar-refractivity contribution >= 4 is 29.1 Å². The van der Waals surface area contributed by atoms with Crippen molar-refractivity contribution in [2.24, 2.45) is 17.8 Å². The van der Waals surface area contributed by atoms with Gasteiger partial charge in [0.2, 0.25) is 5.91 Å². The number of hydrogen-bond donors (Lipinski definition) is 3. The van der Waals surface area contributed by atoms with Crippen molar-refractivity contribution in [1.29, 1.82) is 0 Å². The molecule has 0 aliphatic carbocycles. The molecule has 0 radical (unpaired) electrons. The molecule has 4 rings (SSSR count). The standard InChI is InChI=1S/C22H29ClN6O2/c1-14-6-16(10-24-8-14)22(30)29-20-7-17(18(23)11-27-20)19-12-25-13-21(28-19)26-9-15-2-4-31-5-3-15/h7,11-16,24H,2-6,8-10H2,1H3,(H,26,28)(H,27,29,30)/t14-,16+/m1/s1. The molecule has 2 aliphatic rings. The van der Waals surface area contributed by atoms with Crippen LogP contribution < -0.4 is 16.0 Å². The second-order valence-corrected chi connectivity index (χ2v) is 8.87. The second kappa shape index (κ2) is 10.3. The maximum Gasteiger partial charge on any atom is 0.229 e. The van der Waals surface area contributed by atoms with Gasteiger partial charge in [-0.05, 0) is 43.7 Å². The van der Waals surface area contributed by atoms with Gasteiger partial charge in [0.15, 0.2) is 0 Å². The number of aromatic nitrogens is 3. The highest BCUT2D eigenvalue weighted by Crippen LogP contribution is 2.29. The number of anilines is 2. The summed E-state index contributed by atoms with van der Waals surface area (Å²) in [4.78, 5) is 25.9. The number of hydrogen-bond acceptors (Lipinski definition) is 7. The van der Waals surface area contributed by atoms with E-state index in [-0.39, 0.29) is 11.8 Å². The van der Waals surface area contributed by atoms with Gasteiger partial charge in [-0.1, -0.05) is 18.5 Å². The van der Waals surface area contributed by atoms with Crippen LogP contribution in [0.2, 0.25) is 5.02 Å². The fourth-order valence-corrected chi connectivity index (χ4v) is 4.27. The molecule has 2 saturated heterocycles. The third kappa shape index (κ3) is 5.90. The minimum atomic E-state index is -0.0674. The van der Waals surface area contributed by atoms with Gasteiger partial charge in [0.25, 0.3) is 0 Å². The summed E-state index contributed by atoms with van der Waals surface area (Å²) in [6.45, 7) is 6.24. The fraction of sp³-hybridized carbons (Fsp3) is 0.545. The first-order valence-electron chi connectivity index (χ1n) is 10.9. The monoisotopic (exact) mass is 444 g/mol. The zero-order valence-electron chi connectivity index (χ0n) is 17.7. The van der Waals surface area contributed by atoms with Crippen LogP contribution >= 0.6 is 11.6 Å². The molecular weight excluding hydrogens is 416 g/mol. The molecule has 0 spiro atoms. The van der Waals surface area contributed by atoms with Crippen LogP contribution in [0.25, 0.3) is 11.3 Å². The van der Waals surface area contributed by atoms with E-state index in [9.17, 15) is 4.79 Å². The summed E-state index contributed by atoms with van der Waals surface area (Å²) in [6.07, 6.45) is 7.88. The van der Waals surface area contributed by atoms with Crippen molar-refractivity contribution in [3.63, 3.8) is 0 Å². The lowest BCUT2D eigenvalue weighted by Gasteiger charge is -2.26. The number of amides is 1. The Bertz CT molecular complexity index is 905. The molecule has 0 unspecified atom stereocenters. The minimum Gasteiger partial charge on any atom is -0.381 e. The molecule has 0 saturated carbocycles. The summed E-state index contributed by atoms with van der Waals surface area (Å²) in [6, 6.07) is 1.76. The number of nitrogens with one attached hydrogen (secondary N) is 3. The van der Waals surface area contributed by atoms with Crippen LogP contribution in [0.3, 0.4) is 0 Å². The Hall–Kier alpha value is -2.29. The van der Waals surface area contributed by atoms with Gasteiger partial charge in [0.1, 0.15) is 11.6 Å². The predicted molar refractivity (Wildman–Crippen MR) is 121 cm³/mol. The highest BCUT2D eigenvalue weighted by molar-refractivity contribution is 6.33. The van der Waals surface area contributed by atoms with E-state index >= 15 is 0 Å². The summed E-state index contributed by atoms with van der Waals surface area (Å²) in [5, 5.41) is 10.1. The van der Waals surface area contributed by atoms with Gasteiger partial charge in [-0.2, -0.15) is 0 Å². The van der Waals surface area contributed by atoms with Crippen LogP contribution in [-0.2, 0) is 9.53 Å². The number of ether oxygens (including phenoxy) is 1. The number of halogens is 1. The molecule has 0 bridgehead atoms. The SMILES string of the molecule is C[C@H]1CNC[C@@H](C(=O)Nc2cc(-c3cncc(NCC4CCOCC4)n3)c(Cl)cn2)C1. The Labute approximate surface area is 187 Å². The fourth-order valence-electron chi connectivity index (χ4n) is 4.07. The molecule has 2 aliphatic heterocycles. The Morgan fingerprint density at radius 3 is 2.87 bits per heavy atom. The van der Waals surface area contributed by atoms with Gasteiger partial charge >= 0.3 is 0 Å². The van der Waals surface area contributed by atoms with Crippen molar-refractivity contribution < 1.29 is 9.53 Å². The van der Waals surface area contributed by atoms with E-state index in [2.05, 4.69) is 37.8 Å². The Morgan fingerprint density at radius 1 is 1.23 bits per heavy atom. The Kier molecular flexibility index (Phi) is 7.32. The summed E-state index contributed by atoms with van der Waals surface area (Å²) >= 11 is 6.40. The van der Waals surface area contributed by atoms with Crippen LogP contribution in [-0.4, -0.2) is 53.7 Å². The molecule has 2 aromatic heterocycles. The summed E-state index contributed by atoms with van der Waals surface area (Å²) in [5.41, 5.74) is 1.32. The number of carbonyl (C=O) groups is 1. The van der Waals surface area contributed by atoms with Crippen molar-refractivity contribution in [2.45, 2.75) is 26.2 Å². The average molecular weight is 445 g/mol. The molecule has 166 valence electrons. The molecule has 2 fully saturated rings. The number of carbonyl (C=O) groups excluding carboxylic acids is 1. The zero-order chi connectivity index (χ0) is 21.6. The molecule has 2 atom stereocenters. The lowest BCUT2D eigenvalue weighted by atomic mass is 9.91. The minimum absolute atomic E-state index is 0.0298. The zero-order valence-corrected chi connectivity index (χ0v) is 18.5.